The second kappa shape index (κ2) is 6.45. The Balaban J connectivity index is 2.18. The number of hydrogen-bond donors (Lipinski definition) is 1. The quantitative estimate of drug-likeness (QED) is 0.683. The molecule has 2 unspecified atom stereocenters. The van der Waals surface area contributed by atoms with E-state index in [9.17, 15) is 10.1 Å². The molecule has 0 aliphatic carbocycles. The fourth-order valence-electron chi connectivity index (χ4n) is 2.72. The molecule has 2 rings (SSSR count). The fraction of sp³-hybridized carbons (Fsp3) is 0.571. The highest BCUT2D eigenvalue weighted by Gasteiger charge is 2.23. The number of non-ortho nitro benzene ring substituents is 1. The van der Waals surface area contributed by atoms with Gasteiger partial charge in [0.25, 0.3) is 5.69 Å². The Labute approximate surface area is 123 Å². The van der Waals surface area contributed by atoms with Crippen molar-refractivity contribution in [1.29, 1.82) is 0 Å². The van der Waals surface area contributed by atoms with E-state index in [1.54, 1.807) is 18.2 Å². The zero-order valence-corrected chi connectivity index (χ0v) is 12.9. The van der Waals surface area contributed by atoms with Gasteiger partial charge in [-0.15, -0.1) is 0 Å². The molecule has 5 nitrogen and oxygen atoms in total. The Bertz CT molecular complexity index is 485. The van der Waals surface area contributed by atoms with Gasteiger partial charge in [-0.3, -0.25) is 15.0 Å². The molecule has 1 saturated heterocycles. The van der Waals surface area contributed by atoms with Crippen molar-refractivity contribution in [2.75, 3.05) is 25.5 Å². The van der Waals surface area contributed by atoms with Gasteiger partial charge < -0.3 is 5.32 Å². The largest absolute Gasteiger partial charge is 0.388 e. The Kier molecular flexibility index (Phi) is 4.88. The molecule has 110 valence electrons. The highest BCUT2D eigenvalue weighted by molar-refractivity contribution is 8.00. The van der Waals surface area contributed by atoms with Gasteiger partial charge in [0.15, 0.2) is 0 Å². The smallest absolute Gasteiger partial charge is 0.269 e. The molecule has 1 aromatic rings. The number of nitro benzene ring substituents is 1. The molecule has 6 heteroatoms. The summed E-state index contributed by atoms with van der Waals surface area (Å²) in [5.74, 6) is 0. The molecule has 0 saturated carbocycles. The molecule has 2 atom stereocenters. The zero-order chi connectivity index (χ0) is 14.7. The summed E-state index contributed by atoms with van der Waals surface area (Å²) in [6.07, 6.45) is 0. The maximum Gasteiger partial charge on any atom is 0.269 e. The highest BCUT2D eigenvalue weighted by Crippen LogP contribution is 2.28. The SMILES string of the molecule is CNc1ccc([N+](=O)[O-])cc1CN1CC(C)SC(C)C1. The number of nitrogens with zero attached hydrogens (tertiary/aromatic N) is 2. The number of rotatable bonds is 4. The maximum atomic E-state index is 10.9. The van der Waals surface area contributed by atoms with E-state index >= 15 is 0 Å². The summed E-state index contributed by atoms with van der Waals surface area (Å²) < 4.78 is 0. The van der Waals surface area contributed by atoms with Crippen LogP contribution in [0.25, 0.3) is 0 Å². The van der Waals surface area contributed by atoms with Gasteiger partial charge in [-0.25, -0.2) is 0 Å². The third-order valence-corrected chi connectivity index (χ3v) is 4.69. The van der Waals surface area contributed by atoms with Crippen LogP contribution in [0.3, 0.4) is 0 Å². The summed E-state index contributed by atoms with van der Waals surface area (Å²) >= 11 is 2.01. The average Bonchev–Trinajstić information content (AvgIpc) is 2.37. The van der Waals surface area contributed by atoms with Crippen molar-refractivity contribution >= 4 is 23.1 Å². The second-order valence-electron chi connectivity index (χ2n) is 5.30. The van der Waals surface area contributed by atoms with Crippen molar-refractivity contribution in [1.82, 2.24) is 4.90 Å². The first-order valence-corrected chi connectivity index (χ1v) is 7.76. The molecule has 0 aromatic heterocycles. The van der Waals surface area contributed by atoms with Gasteiger partial charge in [0, 0.05) is 55.0 Å². The van der Waals surface area contributed by atoms with Crippen molar-refractivity contribution in [3.63, 3.8) is 0 Å². The van der Waals surface area contributed by atoms with Gasteiger partial charge >= 0.3 is 0 Å². The molecule has 0 amide bonds. The molecule has 0 spiro atoms. The first-order valence-electron chi connectivity index (χ1n) is 6.82. The lowest BCUT2D eigenvalue weighted by Gasteiger charge is -2.34. The van der Waals surface area contributed by atoms with Crippen molar-refractivity contribution in [2.24, 2.45) is 0 Å². The van der Waals surface area contributed by atoms with Crippen LogP contribution in [-0.2, 0) is 6.54 Å². The van der Waals surface area contributed by atoms with Gasteiger partial charge in [-0.1, -0.05) is 13.8 Å². The Hall–Kier alpha value is -1.27. The third-order valence-electron chi connectivity index (χ3n) is 3.46. The molecule has 20 heavy (non-hydrogen) atoms. The maximum absolute atomic E-state index is 10.9. The lowest BCUT2D eigenvalue weighted by Crippen LogP contribution is -2.39. The van der Waals surface area contributed by atoms with Crippen LogP contribution in [0.1, 0.15) is 19.4 Å². The number of thioether (sulfide) groups is 1. The lowest BCUT2D eigenvalue weighted by atomic mass is 10.1. The summed E-state index contributed by atoms with van der Waals surface area (Å²) in [5.41, 5.74) is 2.12. The Morgan fingerprint density at radius 2 is 2.05 bits per heavy atom. The van der Waals surface area contributed by atoms with Gasteiger partial charge in [-0.05, 0) is 11.6 Å². The molecule has 0 bridgehead atoms. The van der Waals surface area contributed by atoms with E-state index in [4.69, 9.17) is 0 Å². The van der Waals surface area contributed by atoms with Crippen LogP contribution in [0.5, 0.6) is 0 Å². The number of benzene rings is 1. The van der Waals surface area contributed by atoms with Crippen LogP contribution in [0.2, 0.25) is 0 Å². The average molecular weight is 295 g/mol. The van der Waals surface area contributed by atoms with Gasteiger partial charge in [0.05, 0.1) is 4.92 Å². The van der Waals surface area contributed by atoms with Gasteiger partial charge in [0.2, 0.25) is 0 Å². The molecule has 0 radical (unpaired) electrons. The van der Waals surface area contributed by atoms with E-state index in [2.05, 4.69) is 24.1 Å². The summed E-state index contributed by atoms with van der Waals surface area (Å²) in [4.78, 5) is 13.0. The van der Waals surface area contributed by atoms with Crippen LogP contribution < -0.4 is 5.32 Å². The summed E-state index contributed by atoms with van der Waals surface area (Å²) in [6.45, 7) is 7.29. The first kappa shape index (κ1) is 15.1. The van der Waals surface area contributed by atoms with E-state index < -0.39 is 0 Å². The van der Waals surface area contributed by atoms with E-state index in [0.29, 0.717) is 10.5 Å². The second-order valence-corrected chi connectivity index (χ2v) is 7.18. The predicted octanol–water partition coefficient (Wildman–Crippen LogP) is 2.96. The Morgan fingerprint density at radius 1 is 1.40 bits per heavy atom. The molecule has 1 N–H and O–H groups in total. The van der Waals surface area contributed by atoms with Crippen LogP contribution in [0, 0.1) is 10.1 Å². The van der Waals surface area contributed by atoms with Crippen molar-refractivity contribution in [3.8, 4) is 0 Å². The zero-order valence-electron chi connectivity index (χ0n) is 12.1. The summed E-state index contributed by atoms with van der Waals surface area (Å²) in [6, 6.07) is 5.02. The number of nitro groups is 1. The fourth-order valence-corrected chi connectivity index (χ4v) is 4.11. The van der Waals surface area contributed by atoms with E-state index in [1.165, 1.54) is 0 Å². The summed E-state index contributed by atoms with van der Waals surface area (Å²) in [5, 5.41) is 15.3. The molecule has 1 fully saturated rings. The number of hydrogen-bond acceptors (Lipinski definition) is 5. The van der Waals surface area contributed by atoms with E-state index in [1.807, 2.05) is 18.8 Å². The van der Waals surface area contributed by atoms with Crippen LogP contribution >= 0.6 is 11.8 Å². The van der Waals surface area contributed by atoms with E-state index in [0.717, 1.165) is 30.9 Å². The van der Waals surface area contributed by atoms with E-state index in [-0.39, 0.29) is 10.6 Å². The van der Waals surface area contributed by atoms with Crippen LogP contribution in [0.15, 0.2) is 18.2 Å². The summed E-state index contributed by atoms with van der Waals surface area (Å²) in [7, 11) is 1.85. The minimum atomic E-state index is -0.333. The third kappa shape index (κ3) is 3.64. The topological polar surface area (TPSA) is 58.4 Å². The number of anilines is 1. The first-order chi connectivity index (χ1) is 9.49. The van der Waals surface area contributed by atoms with Gasteiger partial charge in [-0.2, -0.15) is 11.8 Å². The minimum Gasteiger partial charge on any atom is -0.388 e. The van der Waals surface area contributed by atoms with Crippen molar-refractivity contribution in [2.45, 2.75) is 30.9 Å². The monoisotopic (exact) mass is 295 g/mol. The molecule has 1 aliphatic heterocycles. The normalized spacial score (nSPS) is 23.6. The molecular weight excluding hydrogens is 274 g/mol. The highest BCUT2D eigenvalue weighted by atomic mass is 32.2. The number of nitrogens with one attached hydrogen (secondary N) is 1. The van der Waals surface area contributed by atoms with Gasteiger partial charge in [0.1, 0.15) is 0 Å². The molecule has 1 aliphatic rings. The lowest BCUT2D eigenvalue weighted by molar-refractivity contribution is -0.384. The Morgan fingerprint density at radius 3 is 2.60 bits per heavy atom. The minimum absolute atomic E-state index is 0.159. The van der Waals surface area contributed by atoms with Crippen molar-refractivity contribution < 1.29 is 4.92 Å². The molecule has 1 aromatic carbocycles. The van der Waals surface area contributed by atoms with Crippen molar-refractivity contribution in [3.05, 3.63) is 33.9 Å². The molecular formula is C14H21N3O2S. The predicted molar refractivity (Wildman–Crippen MR) is 84.4 cm³/mol. The van der Waals surface area contributed by atoms with Crippen LogP contribution in [-0.4, -0.2) is 40.5 Å². The molecule has 1 heterocycles. The van der Waals surface area contributed by atoms with Crippen LogP contribution in [0.4, 0.5) is 11.4 Å². The standard InChI is InChI=1S/C14H21N3O2S/c1-10-7-16(8-11(2)20-10)9-12-6-13(17(18)19)4-5-14(12)15-3/h4-6,10-11,15H,7-9H2,1-3H3.